The van der Waals surface area contributed by atoms with Crippen LogP contribution in [0.5, 0.6) is 0 Å². The van der Waals surface area contributed by atoms with Crippen LogP contribution in [0.4, 0.5) is 0 Å². The molecule has 4 nitrogen and oxygen atoms in total. The van der Waals surface area contributed by atoms with Crippen molar-refractivity contribution in [2.75, 3.05) is 0 Å². The van der Waals surface area contributed by atoms with Crippen LogP contribution in [0, 0.1) is 0 Å². The molecular formula is C7H6O4S. The van der Waals surface area contributed by atoms with Crippen molar-refractivity contribution in [3.8, 4) is 0 Å². The van der Waals surface area contributed by atoms with E-state index < -0.39 is 11.9 Å². The van der Waals surface area contributed by atoms with Crippen LogP contribution in [-0.4, -0.2) is 22.5 Å². The van der Waals surface area contributed by atoms with Gasteiger partial charge in [-0.3, -0.25) is 0 Å². The predicted molar refractivity (Wildman–Crippen MR) is 43.4 cm³/mol. The third-order valence-electron chi connectivity index (χ3n) is 1.04. The number of carboxylic acids is 1. The molecule has 0 saturated heterocycles. The zero-order valence-corrected chi connectivity index (χ0v) is 6.78. The first-order valence-electron chi connectivity index (χ1n) is 3.12. The van der Waals surface area contributed by atoms with Crippen LogP contribution in [0.1, 0.15) is 0 Å². The maximum atomic E-state index is 10.7. The topological polar surface area (TPSA) is 63.6 Å². The van der Waals surface area contributed by atoms with Gasteiger partial charge in [-0.25, -0.2) is 9.59 Å². The zero-order chi connectivity index (χ0) is 8.97. The molecule has 1 aliphatic rings. The highest BCUT2D eigenvalue weighted by Crippen LogP contribution is 2.25. The van der Waals surface area contributed by atoms with Crippen molar-refractivity contribution in [2.24, 2.45) is 0 Å². The molecule has 5 heteroatoms. The van der Waals surface area contributed by atoms with Crippen molar-refractivity contribution < 1.29 is 19.4 Å². The van der Waals surface area contributed by atoms with Gasteiger partial charge in [-0.2, -0.15) is 0 Å². The van der Waals surface area contributed by atoms with E-state index in [1.54, 1.807) is 11.5 Å². The Balaban J connectivity index is 2.28. The van der Waals surface area contributed by atoms with E-state index in [1.807, 2.05) is 0 Å². The molecule has 0 saturated carbocycles. The van der Waals surface area contributed by atoms with Crippen LogP contribution in [0.15, 0.2) is 23.6 Å². The molecule has 0 spiro atoms. The number of thioether (sulfide) groups is 1. The molecule has 1 N–H and O–H groups in total. The summed E-state index contributed by atoms with van der Waals surface area (Å²) in [5, 5.41) is 9.94. The minimum absolute atomic E-state index is 0.254. The first-order valence-corrected chi connectivity index (χ1v) is 4.06. The lowest BCUT2D eigenvalue weighted by atomic mass is 10.5. The monoisotopic (exact) mass is 186 g/mol. The third-order valence-corrected chi connectivity index (χ3v) is 1.88. The van der Waals surface area contributed by atoms with Crippen molar-refractivity contribution in [3.05, 3.63) is 23.6 Å². The smallest absolute Gasteiger partial charge is 0.332 e. The van der Waals surface area contributed by atoms with Crippen LogP contribution >= 0.6 is 11.8 Å². The lowest BCUT2D eigenvalue weighted by molar-refractivity contribution is -0.138. The molecule has 1 heterocycles. The minimum atomic E-state index is -1.16. The van der Waals surface area contributed by atoms with Crippen molar-refractivity contribution in [1.82, 2.24) is 0 Å². The maximum absolute atomic E-state index is 10.7. The van der Waals surface area contributed by atoms with E-state index in [0.717, 1.165) is 12.2 Å². The molecule has 12 heavy (non-hydrogen) atoms. The fourth-order valence-corrected chi connectivity index (χ4v) is 0.939. The Kier molecular flexibility index (Phi) is 2.93. The summed E-state index contributed by atoms with van der Waals surface area (Å²) in [6.45, 7) is 0. The van der Waals surface area contributed by atoms with Gasteiger partial charge >= 0.3 is 11.9 Å². The van der Waals surface area contributed by atoms with Crippen LogP contribution in [-0.2, 0) is 14.3 Å². The summed E-state index contributed by atoms with van der Waals surface area (Å²) >= 11 is 1.36. The Labute approximate surface area is 72.9 Å². The molecule has 0 aromatic rings. The number of ether oxygens (including phenoxy) is 1. The predicted octanol–water partition coefficient (Wildman–Crippen LogP) is 0.757. The van der Waals surface area contributed by atoms with Gasteiger partial charge in [-0.15, -0.1) is 0 Å². The summed E-state index contributed by atoms with van der Waals surface area (Å²) in [6, 6.07) is 0. The second-order valence-corrected chi connectivity index (χ2v) is 2.95. The summed E-state index contributed by atoms with van der Waals surface area (Å²) in [7, 11) is 0. The Hall–Kier alpha value is -1.23. The zero-order valence-electron chi connectivity index (χ0n) is 5.97. The fourth-order valence-electron chi connectivity index (χ4n) is 0.503. The van der Waals surface area contributed by atoms with Gasteiger partial charge in [-0.05, 0) is 11.5 Å². The summed E-state index contributed by atoms with van der Waals surface area (Å²) in [4.78, 5) is 20.7. The summed E-state index contributed by atoms with van der Waals surface area (Å²) < 4.78 is 4.72. The number of aliphatic carboxylic acids is 1. The maximum Gasteiger partial charge on any atom is 0.332 e. The third kappa shape index (κ3) is 2.79. The van der Waals surface area contributed by atoms with Gasteiger partial charge in [0.05, 0.1) is 0 Å². The van der Waals surface area contributed by atoms with E-state index in [-0.39, 0.29) is 5.44 Å². The van der Waals surface area contributed by atoms with E-state index in [2.05, 4.69) is 0 Å². The van der Waals surface area contributed by atoms with Gasteiger partial charge in [0.25, 0.3) is 0 Å². The SMILES string of the molecule is O=C(O)/C=C\C(=O)OC1C=CS1. The summed E-state index contributed by atoms with van der Waals surface area (Å²) in [5.74, 6) is -1.80. The number of hydrogen-bond acceptors (Lipinski definition) is 4. The first-order chi connectivity index (χ1) is 5.68. The second-order valence-electron chi connectivity index (χ2n) is 1.94. The molecule has 1 aliphatic heterocycles. The molecule has 1 unspecified atom stereocenters. The molecule has 0 fully saturated rings. The van der Waals surface area contributed by atoms with Gasteiger partial charge in [0, 0.05) is 12.2 Å². The molecule has 1 rings (SSSR count). The molecular weight excluding hydrogens is 180 g/mol. The van der Waals surface area contributed by atoms with Crippen molar-refractivity contribution in [1.29, 1.82) is 0 Å². The number of hydrogen-bond donors (Lipinski definition) is 1. The number of carbonyl (C=O) groups is 2. The molecule has 0 aromatic carbocycles. The van der Waals surface area contributed by atoms with Gasteiger partial charge in [0.2, 0.25) is 0 Å². The molecule has 0 amide bonds. The molecule has 1 atom stereocenters. The lowest BCUT2D eigenvalue weighted by Crippen LogP contribution is -2.13. The van der Waals surface area contributed by atoms with E-state index in [9.17, 15) is 9.59 Å². The largest absolute Gasteiger partial charge is 0.478 e. The van der Waals surface area contributed by atoms with Gasteiger partial charge in [0.15, 0.2) is 5.44 Å². The number of carbonyl (C=O) groups excluding carboxylic acids is 1. The average Bonchev–Trinajstić information content (AvgIpc) is 1.93. The standard InChI is InChI=1S/C7H6O4S/c8-5(9)1-2-6(10)11-7-3-4-12-7/h1-4,7H,(H,8,9)/b2-1-. The van der Waals surface area contributed by atoms with Gasteiger partial charge in [-0.1, -0.05) is 11.8 Å². The molecule has 0 bridgehead atoms. The average molecular weight is 186 g/mol. The van der Waals surface area contributed by atoms with E-state index in [0.29, 0.717) is 0 Å². The number of esters is 1. The highest BCUT2D eigenvalue weighted by atomic mass is 32.2. The Bertz CT molecular complexity index is 256. The van der Waals surface area contributed by atoms with Crippen molar-refractivity contribution in [2.45, 2.75) is 5.44 Å². The number of carboxylic acid groups (broad SMARTS) is 1. The summed E-state index contributed by atoms with van der Waals surface area (Å²) in [6.07, 6.45) is 3.33. The number of rotatable bonds is 3. The Morgan fingerprint density at radius 2 is 2.17 bits per heavy atom. The van der Waals surface area contributed by atoms with E-state index in [4.69, 9.17) is 9.84 Å². The normalized spacial score (nSPS) is 20.5. The van der Waals surface area contributed by atoms with Crippen molar-refractivity contribution >= 4 is 23.7 Å². The second kappa shape index (κ2) is 3.96. The Morgan fingerprint density at radius 3 is 2.58 bits per heavy atom. The Morgan fingerprint density at radius 1 is 1.50 bits per heavy atom. The van der Waals surface area contributed by atoms with E-state index >= 15 is 0 Å². The van der Waals surface area contributed by atoms with Crippen LogP contribution in [0.2, 0.25) is 0 Å². The van der Waals surface area contributed by atoms with Gasteiger partial charge < -0.3 is 9.84 Å². The van der Waals surface area contributed by atoms with Crippen LogP contribution in [0.25, 0.3) is 0 Å². The van der Waals surface area contributed by atoms with Gasteiger partial charge in [0.1, 0.15) is 0 Å². The molecule has 64 valence electrons. The summed E-state index contributed by atoms with van der Waals surface area (Å²) in [5.41, 5.74) is -0.254. The highest BCUT2D eigenvalue weighted by Gasteiger charge is 2.14. The first kappa shape index (κ1) is 8.86. The molecule has 0 radical (unpaired) electrons. The minimum Gasteiger partial charge on any atom is -0.478 e. The lowest BCUT2D eigenvalue weighted by Gasteiger charge is -2.15. The van der Waals surface area contributed by atoms with Crippen LogP contribution < -0.4 is 0 Å². The van der Waals surface area contributed by atoms with E-state index in [1.165, 1.54) is 11.8 Å². The fraction of sp³-hybridized carbons (Fsp3) is 0.143. The van der Waals surface area contributed by atoms with Crippen LogP contribution in [0.3, 0.4) is 0 Å². The highest BCUT2D eigenvalue weighted by molar-refractivity contribution is 8.04. The van der Waals surface area contributed by atoms with Crippen molar-refractivity contribution in [3.63, 3.8) is 0 Å². The molecule has 0 aromatic heterocycles. The quantitative estimate of drug-likeness (QED) is 0.520. The molecule has 0 aliphatic carbocycles.